The molecule has 1 atom stereocenters. The van der Waals surface area contributed by atoms with E-state index in [9.17, 15) is 0 Å². The third-order valence-electron chi connectivity index (χ3n) is 0.0556. The standard InChI is InChI=1S/CH3OPS/c3-2-1-4/h1H,3H2. The van der Waals surface area contributed by atoms with Gasteiger partial charge in [0, 0.05) is 0 Å². The number of rotatable bonds is 1. The second-order valence-corrected chi connectivity index (χ2v) is 0.697. The minimum Gasteiger partial charge on any atom is -0.477 e. The van der Waals surface area contributed by atoms with Crippen LogP contribution in [0.4, 0.5) is 0 Å². The highest BCUT2D eigenvalue weighted by atomic mass is 32.1. The van der Waals surface area contributed by atoms with Crippen LogP contribution >= 0.6 is 21.7 Å². The third-order valence-corrected chi connectivity index (χ3v) is 0.500. The first-order valence-corrected chi connectivity index (χ1v) is 1.65. The molecule has 0 aromatic rings. The van der Waals surface area contributed by atoms with Crippen molar-refractivity contribution in [3.63, 3.8) is 0 Å². The zero-order valence-electron chi connectivity index (χ0n) is 1.97. The summed E-state index contributed by atoms with van der Waals surface area (Å²) in [6.07, 6.45) is 0. The van der Waals surface area contributed by atoms with Crippen molar-refractivity contribution in [2.75, 3.05) is 0 Å². The Balaban J connectivity index is 2.30. The molecule has 0 saturated carbocycles. The minimum atomic E-state index is 1.17. The van der Waals surface area contributed by atoms with Crippen LogP contribution in [0.25, 0.3) is 0 Å². The van der Waals surface area contributed by atoms with Crippen LogP contribution in [-0.2, 0) is 4.52 Å². The fourth-order valence-electron chi connectivity index (χ4n) is 0. The maximum Gasteiger partial charge on any atom is 0.149 e. The van der Waals surface area contributed by atoms with Gasteiger partial charge >= 0.3 is 0 Å². The summed E-state index contributed by atoms with van der Waals surface area (Å²) in [5.41, 5.74) is 1.17. The van der Waals surface area contributed by atoms with Gasteiger partial charge in [-0.15, -0.1) is 0 Å². The van der Waals surface area contributed by atoms with Crippen LogP contribution in [0.2, 0.25) is 0 Å². The molecule has 0 N–H and O–H groups in total. The summed E-state index contributed by atoms with van der Waals surface area (Å²) < 4.78 is 4.15. The smallest absolute Gasteiger partial charge is 0.149 e. The molecule has 0 aliphatic carbocycles. The van der Waals surface area contributed by atoms with E-state index in [-0.39, 0.29) is 0 Å². The van der Waals surface area contributed by atoms with Crippen molar-refractivity contribution in [3.8, 4) is 0 Å². The Kier molecular flexibility index (Phi) is 3.59. The molecule has 1 unspecified atom stereocenters. The molecule has 3 heteroatoms. The summed E-state index contributed by atoms with van der Waals surface area (Å²) in [7, 11) is 2.00. The molecule has 0 saturated heterocycles. The Bertz CT molecular complexity index is 22.0. The van der Waals surface area contributed by atoms with Gasteiger partial charge in [-0.25, -0.2) is 0 Å². The Hall–Kier alpha value is 0.320. The van der Waals surface area contributed by atoms with Crippen LogP contribution < -0.4 is 0 Å². The molecule has 24 valence electrons. The Morgan fingerprint density at radius 3 is 2.25 bits per heavy atom. The van der Waals surface area contributed by atoms with Crippen molar-refractivity contribution in [1.82, 2.24) is 0 Å². The molecule has 4 heavy (non-hydrogen) atoms. The van der Waals surface area contributed by atoms with Crippen molar-refractivity contribution in [1.29, 1.82) is 0 Å². The summed E-state index contributed by atoms with van der Waals surface area (Å²) in [5.74, 6) is 0. The lowest BCUT2D eigenvalue weighted by atomic mass is 11.7. The SMILES string of the molecule is POC=S. The molecule has 0 fully saturated rings. The molecule has 1 nitrogen and oxygen atoms in total. The first-order chi connectivity index (χ1) is 1.91. The van der Waals surface area contributed by atoms with Crippen LogP contribution in [0.15, 0.2) is 0 Å². The van der Waals surface area contributed by atoms with Gasteiger partial charge in [-0.1, -0.05) is 0 Å². The summed E-state index contributed by atoms with van der Waals surface area (Å²) in [5, 5.41) is 0. The van der Waals surface area contributed by atoms with Crippen LogP contribution in [0.3, 0.4) is 0 Å². The first-order valence-electron chi connectivity index (χ1n) is 0.707. The predicted molar refractivity (Wildman–Crippen MR) is 24.4 cm³/mol. The van der Waals surface area contributed by atoms with E-state index < -0.39 is 0 Å². The van der Waals surface area contributed by atoms with Gasteiger partial charge in [0.1, 0.15) is 5.55 Å². The quantitative estimate of drug-likeness (QED) is 0.350. The molecule has 0 aliphatic heterocycles. The lowest BCUT2D eigenvalue weighted by molar-refractivity contribution is 0.689. The Labute approximate surface area is 32.6 Å². The zero-order chi connectivity index (χ0) is 3.41. The van der Waals surface area contributed by atoms with Gasteiger partial charge in [-0.05, 0) is 12.2 Å². The normalized spacial score (nSPS) is 5.25. The summed E-state index contributed by atoms with van der Waals surface area (Å²) in [4.78, 5) is 0. The Morgan fingerprint density at radius 1 is 2.00 bits per heavy atom. The zero-order valence-corrected chi connectivity index (χ0v) is 3.94. The highest BCUT2D eigenvalue weighted by Crippen LogP contribution is 1.73. The van der Waals surface area contributed by atoms with Gasteiger partial charge in [0.2, 0.25) is 0 Å². The molecular weight excluding hydrogens is 91.1 g/mol. The maximum absolute atomic E-state index is 4.19. The van der Waals surface area contributed by atoms with E-state index in [0.717, 1.165) is 0 Å². The lowest BCUT2D eigenvalue weighted by Crippen LogP contribution is -1.50. The first kappa shape index (κ1) is 4.32. The van der Waals surface area contributed by atoms with Gasteiger partial charge < -0.3 is 4.52 Å². The molecule has 0 aliphatic rings. The van der Waals surface area contributed by atoms with Crippen LogP contribution in [-0.4, -0.2) is 5.55 Å². The maximum atomic E-state index is 4.19. The lowest BCUT2D eigenvalue weighted by Gasteiger charge is -1.69. The van der Waals surface area contributed by atoms with Gasteiger partial charge in [0.15, 0.2) is 0 Å². The van der Waals surface area contributed by atoms with Crippen LogP contribution in [0, 0.1) is 0 Å². The Morgan fingerprint density at radius 2 is 2.25 bits per heavy atom. The second kappa shape index (κ2) is 3.32. The highest BCUT2D eigenvalue weighted by Gasteiger charge is 1.39. The monoisotopic (exact) mass is 94.0 g/mol. The van der Waals surface area contributed by atoms with E-state index in [0.29, 0.717) is 0 Å². The van der Waals surface area contributed by atoms with Crippen molar-refractivity contribution >= 4 is 27.2 Å². The largest absolute Gasteiger partial charge is 0.477 e. The number of thiocarbonyl (C=S) groups is 1. The average molecular weight is 94.1 g/mol. The fraction of sp³-hybridized carbons (Fsp3) is 0. The van der Waals surface area contributed by atoms with Crippen molar-refractivity contribution in [2.45, 2.75) is 0 Å². The molecule has 0 heterocycles. The van der Waals surface area contributed by atoms with Crippen molar-refractivity contribution < 1.29 is 4.52 Å². The molecule has 0 amide bonds. The van der Waals surface area contributed by atoms with Gasteiger partial charge in [-0.2, -0.15) is 0 Å². The predicted octanol–water partition coefficient (Wildman–Crippen LogP) is 0.750. The van der Waals surface area contributed by atoms with Crippen LogP contribution in [0.1, 0.15) is 0 Å². The molecule has 0 rings (SSSR count). The van der Waals surface area contributed by atoms with Crippen molar-refractivity contribution in [3.05, 3.63) is 0 Å². The topological polar surface area (TPSA) is 9.23 Å². The van der Waals surface area contributed by atoms with E-state index in [4.69, 9.17) is 0 Å². The summed E-state index contributed by atoms with van der Waals surface area (Å²) in [6.45, 7) is 0. The molecular formula is CH3OPS. The van der Waals surface area contributed by atoms with E-state index in [1.807, 2.05) is 9.47 Å². The number of hydrogen-bond acceptors (Lipinski definition) is 2. The molecule has 0 radical (unpaired) electrons. The van der Waals surface area contributed by atoms with Gasteiger partial charge in [-0.3, -0.25) is 0 Å². The van der Waals surface area contributed by atoms with Gasteiger partial charge in [0.25, 0.3) is 0 Å². The second-order valence-electron chi connectivity index (χ2n) is 0.232. The van der Waals surface area contributed by atoms with Crippen molar-refractivity contribution in [2.24, 2.45) is 0 Å². The third kappa shape index (κ3) is 2.32. The minimum absolute atomic E-state index is 1.17. The van der Waals surface area contributed by atoms with Gasteiger partial charge in [0.05, 0.1) is 9.47 Å². The molecule has 0 bridgehead atoms. The van der Waals surface area contributed by atoms with E-state index in [1.54, 1.807) is 0 Å². The molecule has 0 spiro atoms. The summed E-state index contributed by atoms with van der Waals surface area (Å²) in [6, 6.07) is 0. The highest BCUT2D eigenvalue weighted by molar-refractivity contribution is 7.78. The van der Waals surface area contributed by atoms with E-state index in [2.05, 4.69) is 16.7 Å². The van der Waals surface area contributed by atoms with Crippen LogP contribution in [0.5, 0.6) is 0 Å². The fourth-order valence-corrected chi connectivity index (χ4v) is 0. The van der Waals surface area contributed by atoms with E-state index in [1.165, 1.54) is 5.55 Å². The molecule has 0 aromatic heterocycles. The average Bonchev–Trinajstić information content (AvgIpc) is 1.37. The summed E-state index contributed by atoms with van der Waals surface area (Å²) >= 11 is 4.19. The molecule has 0 aromatic carbocycles. The van der Waals surface area contributed by atoms with E-state index >= 15 is 0 Å². The number of hydrogen-bond donors (Lipinski definition) is 0.